The molecule has 0 nitrogen and oxygen atoms in total. The van der Waals surface area contributed by atoms with E-state index in [9.17, 15) is 13.2 Å². The third-order valence-corrected chi connectivity index (χ3v) is 4.90. The molecule has 0 aliphatic rings. The van der Waals surface area contributed by atoms with Crippen molar-refractivity contribution in [1.82, 2.24) is 0 Å². The third kappa shape index (κ3) is 4.07. The van der Waals surface area contributed by atoms with Gasteiger partial charge in [-0.25, -0.2) is 13.2 Å². The van der Waals surface area contributed by atoms with E-state index < -0.39 is 17.5 Å². The lowest BCUT2D eigenvalue weighted by Crippen LogP contribution is -1.98. The third-order valence-electron chi connectivity index (χ3n) is 4.49. The second-order valence-electron chi connectivity index (χ2n) is 6.39. The van der Waals surface area contributed by atoms with Gasteiger partial charge in [0.05, 0.1) is 5.56 Å². The van der Waals surface area contributed by atoms with Crippen molar-refractivity contribution in [2.45, 2.75) is 25.8 Å². The number of rotatable bonds is 5. The maximum Gasteiger partial charge on any atom is 0.134 e. The summed E-state index contributed by atoms with van der Waals surface area (Å²) >= 11 is 0. The van der Waals surface area contributed by atoms with E-state index in [4.69, 9.17) is 0 Å². The summed E-state index contributed by atoms with van der Waals surface area (Å²) in [6.45, 7) is 1.61. The second kappa shape index (κ2) is 7.91. The lowest BCUT2D eigenvalue weighted by Gasteiger charge is -2.10. The van der Waals surface area contributed by atoms with Crippen LogP contribution < -0.4 is 0 Å². The number of hydrogen-bond donors (Lipinski definition) is 0. The number of benzene rings is 3. The van der Waals surface area contributed by atoms with E-state index >= 15 is 0 Å². The van der Waals surface area contributed by atoms with E-state index in [1.54, 1.807) is 6.92 Å². The van der Waals surface area contributed by atoms with E-state index in [1.807, 2.05) is 24.3 Å². The molecule has 0 aliphatic heterocycles. The van der Waals surface area contributed by atoms with Crippen LogP contribution in [0.1, 0.15) is 22.3 Å². The van der Waals surface area contributed by atoms with Gasteiger partial charge in [-0.05, 0) is 66.3 Å². The lowest BCUT2D eigenvalue weighted by molar-refractivity contribution is 0.584. The number of aryl methyl sites for hydroxylation is 3. The zero-order valence-electron chi connectivity index (χ0n) is 14.5. The molecule has 0 spiro atoms. The normalized spacial score (nSPS) is 11.0. The smallest absolute Gasteiger partial charge is 0.134 e. The first-order valence-electron chi connectivity index (χ1n) is 8.45. The standard InChI is InChI=1S/C22H18F3Si/c1-14-2-9-18(12-19(14)23)22-20(24)10-17(11-21(22)25)8-5-15-3-6-16(13-26)7-4-15/h2-4,6-7,9-12H,5,8,13H2,1H3. The molecule has 0 unspecified atom stereocenters. The van der Waals surface area contributed by atoms with Gasteiger partial charge < -0.3 is 0 Å². The van der Waals surface area contributed by atoms with Crippen LogP contribution in [0.4, 0.5) is 13.2 Å². The molecule has 0 heterocycles. The Morgan fingerprint density at radius 1 is 0.692 bits per heavy atom. The van der Waals surface area contributed by atoms with Crippen LogP contribution in [0, 0.1) is 24.4 Å². The summed E-state index contributed by atoms with van der Waals surface area (Å²) in [6, 6.07) is 15.8. The molecular weight excluding hydrogens is 349 g/mol. The molecule has 3 aromatic carbocycles. The number of hydrogen-bond acceptors (Lipinski definition) is 0. The summed E-state index contributed by atoms with van der Waals surface area (Å²) in [5.41, 5.74) is 3.34. The molecule has 0 N–H and O–H groups in total. The molecule has 0 fully saturated rings. The highest BCUT2D eigenvalue weighted by Gasteiger charge is 2.14. The minimum absolute atomic E-state index is 0.186. The van der Waals surface area contributed by atoms with Crippen molar-refractivity contribution < 1.29 is 13.2 Å². The minimum Gasteiger partial charge on any atom is -0.207 e. The Kier molecular flexibility index (Phi) is 5.62. The van der Waals surface area contributed by atoms with E-state index in [2.05, 4.69) is 10.2 Å². The molecule has 4 heteroatoms. The largest absolute Gasteiger partial charge is 0.207 e. The summed E-state index contributed by atoms with van der Waals surface area (Å²) in [5.74, 6) is -1.81. The van der Waals surface area contributed by atoms with Gasteiger partial charge in [-0.1, -0.05) is 42.0 Å². The summed E-state index contributed by atoms with van der Waals surface area (Å²) in [5, 5.41) is 0. The Morgan fingerprint density at radius 3 is 1.85 bits per heavy atom. The first-order chi connectivity index (χ1) is 12.5. The maximum atomic E-state index is 14.5. The monoisotopic (exact) mass is 367 g/mol. The summed E-state index contributed by atoms with van der Waals surface area (Å²) in [4.78, 5) is 0. The summed E-state index contributed by atoms with van der Waals surface area (Å²) in [6.07, 6.45) is 1.23. The quantitative estimate of drug-likeness (QED) is 0.520. The summed E-state index contributed by atoms with van der Waals surface area (Å²) in [7, 11) is 3.45. The molecule has 3 aromatic rings. The van der Waals surface area contributed by atoms with Crippen LogP contribution in [0.5, 0.6) is 0 Å². The molecule has 0 bridgehead atoms. The first-order valence-corrected chi connectivity index (χ1v) is 9.15. The van der Waals surface area contributed by atoms with E-state index in [1.165, 1.54) is 35.9 Å². The van der Waals surface area contributed by atoms with Crippen LogP contribution in [0.2, 0.25) is 0 Å². The Hall–Kier alpha value is -2.33. The molecule has 3 radical (unpaired) electrons. The molecule has 0 aliphatic carbocycles. The van der Waals surface area contributed by atoms with Gasteiger partial charge in [0.25, 0.3) is 0 Å². The van der Waals surface area contributed by atoms with Crippen LogP contribution in [0.25, 0.3) is 11.1 Å². The van der Waals surface area contributed by atoms with Crippen molar-refractivity contribution in [2.75, 3.05) is 0 Å². The highest BCUT2D eigenvalue weighted by atomic mass is 28.1. The van der Waals surface area contributed by atoms with Crippen LogP contribution >= 0.6 is 0 Å². The molecule has 0 aromatic heterocycles. The van der Waals surface area contributed by atoms with E-state index in [0.29, 0.717) is 24.0 Å². The highest BCUT2D eigenvalue weighted by molar-refractivity contribution is 6.08. The molecule has 0 atom stereocenters. The molecule has 0 amide bonds. The topological polar surface area (TPSA) is 0 Å². The Bertz CT molecular complexity index is 894. The predicted octanol–water partition coefficient (Wildman–Crippen LogP) is 5.53. The molecule has 3 rings (SSSR count). The Morgan fingerprint density at radius 2 is 1.27 bits per heavy atom. The van der Waals surface area contributed by atoms with E-state index in [0.717, 1.165) is 11.6 Å². The SMILES string of the molecule is Cc1ccc(-c2c(F)cc(CCc3ccc(C[Si])cc3)cc2F)cc1F. The Balaban J connectivity index is 1.81. The van der Waals surface area contributed by atoms with Gasteiger partial charge in [-0.15, -0.1) is 0 Å². The predicted molar refractivity (Wildman–Crippen MR) is 99.8 cm³/mol. The van der Waals surface area contributed by atoms with Crippen LogP contribution in [0.3, 0.4) is 0 Å². The maximum absolute atomic E-state index is 14.5. The zero-order valence-corrected chi connectivity index (χ0v) is 15.5. The average molecular weight is 367 g/mol. The van der Waals surface area contributed by atoms with Crippen LogP contribution in [-0.2, 0) is 18.9 Å². The fourth-order valence-electron chi connectivity index (χ4n) is 2.91. The summed E-state index contributed by atoms with van der Waals surface area (Å²) < 4.78 is 42.7. The van der Waals surface area contributed by atoms with Gasteiger partial charge in [0.2, 0.25) is 0 Å². The fraction of sp³-hybridized carbons (Fsp3) is 0.182. The van der Waals surface area contributed by atoms with E-state index in [-0.39, 0.29) is 11.1 Å². The minimum atomic E-state index is -0.669. The van der Waals surface area contributed by atoms with Gasteiger partial charge in [0, 0.05) is 10.2 Å². The van der Waals surface area contributed by atoms with Crippen molar-refractivity contribution in [3.8, 4) is 11.1 Å². The second-order valence-corrected chi connectivity index (χ2v) is 6.75. The van der Waals surface area contributed by atoms with Crippen molar-refractivity contribution in [3.05, 3.63) is 94.3 Å². The van der Waals surface area contributed by atoms with Crippen LogP contribution in [-0.4, -0.2) is 10.2 Å². The van der Waals surface area contributed by atoms with Crippen molar-refractivity contribution >= 4 is 10.2 Å². The van der Waals surface area contributed by atoms with Crippen molar-refractivity contribution in [3.63, 3.8) is 0 Å². The molecule has 0 saturated heterocycles. The van der Waals surface area contributed by atoms with Crippen molar-refractivity contribution in [2.24, 2.45) is 0 Å². The number of halogens is 3. The van der Waals surface area contributed by atoms with Gasteiger partial charge in [0.15, 0.2) is 0 Å². The van der Waals surface area contributed by atoms with Gasteiger partial charge in [0.1, 0.15) is 17.5 Å². The highest BCUT2D eigenvalue weighted by Crippen LogP contribution is 2.29. The average Bonchev–Trinajstić information content (AvgIpc) is 2.63. The fourth-order valence-corrected chi connectivity index (χ4v) is 3.14. The van der Waals surface area contributed by atoms with Crippen LogP contribution in [0.15, 0.2) is 54.6 Å². The molecule has 0 saturated carbocycles. The van der Waals surface area contributed by atoms with Crippen molar-refractivity contribution in [1.29, 1.82) is 0 Å². The molecule has 131 valence electrons. The lowest BCUT2D eigenvalue weighted by atomic mass is 9.98. The molecular formula is C22H18F3Si. The molecule has 26 heavy (non-hydrogen) atoms. The first kappa shape index (κ1) is 18.5. The Labute approximate surface area is 155 Å². The van der Waals surface area contributed by atoms with Gasteiger partial charge in [-0.2, -0.15) is 0 Å². The zero-order chi connectivity index (χ0) is 18.7. The van der Waals surface area contributed by atoms with Gasteiger partial charge in [-0.3, -0.25) is 0 Å². The van der Waals surface area contributed by atoms with Gasteiger partial charge >= 0.3 is 0 Å².